The van der Waals surface area contributed by atoms with Crippen LogP contribution in [0.4, 0.5) is 0 Å². The third-order valence-electron chi connectivity index (χ3n) is 4.62. The van der Waals surface area contributed by atoms with Crippen LogP contribution in [0.25, 0.3) is 0 Å². The van der Waals surface area contributed by atoms with Crippen molar-refractivity contribution in [1.82, 2.24) is 10.2 Å². The number of methoxy groups -OCH3 is 2. The molecule has 2 amide bonds. The summed E-state index contributed by atoms with van der Waals surface area (Å²) in [5.74, 6) is 0.930. The monoisotopic (exact) mass is 462 g/mol. The van der Waals surface area contributed by atoms with Crippen molar-refractivity contribution in [3.05, 3.63) is 53.1 Å². The predicted molar refractivity (Wildman–Crippen MR) is 124 cm³/mol. The van der Waals surface area contributed by atoms with Crippen LogP contribution in [0, 0.1) is 0 Å². The van der Waals surface area contributed by atoms with Crippen LogP contribution in [0.1, 0.15) is 33.3 Å². The van der Waals surface area contributed by atoms with Crippen molar-refractivity contribution >= 4 is 23.4 Å². The van der Waals surface area contributed by atoms with Gasteiger partial charge in [-0.05, 0) is 45.4 Å². The first-order valence-corrected chi connectivity index (χ1v) is 10.6. The number of benzene rings is 2. The van der Waals surface area contributed by atoms with Gasteiger partial charge in [0.2, 0.25) is 5.91 Å². The van der Waals surface area contributed by atoms with Gasteiger partial charge < -0.3 is 24.4 Å². The Balaban J connectivity index is 2.20. The lowest BCUT2D eigenvalue weighted by molar-refractivity contribution is -0.142. The molecule has 32 heavy (non-hydrogen) atoms. The Morgan fingerprint density at radius 2 is 1.53 bits per heavy atom. The Labute approximate surface area is 194 Å². The fourth-order valence-electron chi connectivity index (χ4n) is 2.94. The number of halogens is 1. The summed E-state index contributed by atoms with van der Waals surface area (Å²) in [7, 11) is 3.07. The Morgan fingerprint density at radius 1 is 1.00 bits per heavy atom. The lowest BCUT2D eigenvalue weighted by Crippen LogP contribution is -2.53. The number of carbonyl (C=O) groups excluding carboxylic acids is 2. The van der Waals surface area contributed by atoms with Crippen LogP contribution in [0.5, 0.6) is 17.2 Å². The summed E-state index contributed by atoms with van der Waals surface area (Å²) < 4.78 is 16.2. The molecule has 8 heteroatoms. The number of carbonyl (C=O) groups is 2. The van der Waals surface area contributed by atoms with E-state index in [1.165, 1.54) is 19.1 Å². The van der Waals surface area contributed by atoms with E-state index in [1.807, 2.05) is 32.9 Å². The molecule has 2 aromatic rings. The Morgan fingerprint density at radius 3 is 2.03 bits per heavy atom. The lowest BCUT2D eigenvalue weighted by Gasteiger charge is -2.31. The molecule has 0 aliphatic rings. The van der Waals surface area contributed by atoms with Crippen molar-refractivity contribution in [1.29, 1.82) is 0 Å². The third kappa shape index (κ3) is 7.64. The summed E-state index contributed by atoms with van der Waals surface area (Å²) in [5.41, 5.74) is 0.426. The summed E-state index contributed by atoms with van der Waals surface area (Å²) in [6, 6.07) is 11.5. The van der Waals surface area contributed by atoms with Crippen molar-refractivity contribution in [3.63, 3.8) is 0 Å². The highest BCUT2D eigenvalue weighted by atomic mass is 35.5. The van der Waals surface area contributed by atoms with E-state index in [2.05, 4.69) is 5.32 Å². The van der Waals surface area contributed by atoms with Crippen molar-refractivity contribution in [3.8, 4) is 17.2 Å². The molecule has 2 aromatic carbocycles. The highest BCUT2D eigenvalue weighted by molar-refractivity contribution is 6.30. The van der Waals surface area contributed by atoms with Crippen molar-refractivity contribution in [2.24, 2.45) is 0 Å². The Hall–Kier alpha value is -2.93. The molecule has 1 N–H and O–H groups in total. The topological polar surface area (TPSA) is 77.1 Å². The van der Waals surface area contributed by atoms with Gasteiger partial charge in [-0.3, -0.25) is 9.59 Å². The molecule has 0 aliphatic heterocycles. The van der Waals surface area contributed by atoms with Gasteiger partial charge in [-0.25, -0.2) is 0 Å². The van der Waals surface area contributed by atoms with E-state index in [4.69, 9.17) is 25.8 Å². The molecule has 2 rings (SSSR count). The minimum absolute atomic E-state index is 0.236. The largest absolute Gasteiger partial charge is 0.496 e. The van der Waals surface area contributed by atoms with E-state index in [-0.39, 0.29) is 25.0 Å². The highest BCUT2D eigenvalue weighted by Crippen LogP contribution is 2.27. The smallest absolute Gasteiger partial charge is 0.261 e. The van der Waals surface area contributed by atoms with E-state index < -0.39 is 11.6 Å². The molecule has 0 unspecified atom stereocenters. The number of ether oxygens (including phenoxy) is 3. The van der Waals surface area contributed by atoms with Crippen molar-refractivity contribution in [2.75, 3.05) is 20.8 Å². The van der Waals surface area contributed by atoms with E-state index >= 15 is 0 Å². The predicted octanol–water partition coefficient (Wildman–Crippen LogP) is 4.07. The average Bonchev–Trinajstić information content (AvgIpc) is 2.75. The number of hydrogen-bond donors (Lipinski definition) is 1. The fraction of sp³-hybridized carbons (Fsp3) is 0.417. The standard InChI is InChI=1S/C24H31ClN2O5/c1-16(23(29)26-24(2,3)4)27(14-17-7-9-18(25)10-8-17)22(28)15-32-21-12-19(30-5)11-20(13-21)31-6/h7-13,16H,14-15H2,1-6H3,(H,26,29)/t16-/m1/s1. The molecule has 0 heterocycles. The van der Waals surface area contributed by atoms with Gasteiger partial charge in [0.25, 0.3) is 5.91 Å². The second-order valence-electron chi connectivity index (χ2n) is 8.40. The van der Waals surface area contributed by atoms with Crippen molar-refractivity contribution in [2.45, 2.75) is 45.8 Å². The molecule has 0 saturated heterocycles. The van der Waals surface area contributed by atoms with Gasteiger partial charge in [0.1, 0.15) is 23.3 Å². The maximum Gasteiger partial charge on any atom is 0.261 e. The van der Waals surface area contributed by atoms with Gasteiger partial charge in [-0.2, -0.15) is 0 Å². The second-order valence-corrected chi connectivity index (χ2v) is 8.84. The molecular formula is C24H31ClN2O5. The minimum atomic E-state index is -0.708. The normalized spacial score (nSPS) is 12.0. The molecule has 0 spiro atoms. The lowest BCUT2D eigenvalue weighted by atomic mass is 10.1. The van der Waals surface area contributed by atoms with Crippen LogP contribution in [0.2, 0.25) is 5.02 Å². The fourth-order valence-corrected chi connectivity index (χ4v) is 3.06. The van der Waals surface area contributed by atoms with Gasteiger partial charge in [0.15, 0.2) is 6.61 Å². The maximum atomic E-state index is 13.1. The van der Waals surface area contributed by atoms with Crippen LogP contribution in [0.3, 0.4) is 0 Å². The zero-order valence-electron chi connectivity index (χ0n) is 19.4. The van der Waals surface area contributed by atoms with Crippen LogP contribution < -0.4 is 19.5 Å². The first-order chi connectivity index (χ1) is 15.0. The number of amides is 2. The van der Waals surface area contributed by atoms with Crippen LogP contribution in [-0.2, 0) is 16.1 Å². The SMILES string of the molecule is COc1cc(OC)cc(OCC(=O)N(Cc2ccc(Cl)cc2)[C@H](C)C(=O)NC(C)(C)C)c1. The molecular weight excluding hydrogens is 432 g/mol. The molecule has 0 fully saturated rings. The minimum Gasteiger partial charge on any atom is -0.496 e. The molecule has 0 aromatic heterocycles. The van der Waals surface area contributed by atoms with Gasteiger partial charge in [0.05, 0.1) is 14.2 Å². The molecule has 0 bridgehead atoms. The summed E-state index contributed by atoms with van der Waals surface area (Å²) in [6.45, 7) is 7.35. The van der Waals surface area contributed by atoms with Gasteiger partial charge in [-0.15, -0.1) is 0 Å². The van der Waals surface area contributed by atoms with Crippen LogP contribution in [0.15, 0.2) is 42.5 Å². The summed E-state index contributed by atoms with van der Waals surface area (Å²) in [6.07, 6.45) is 0. The summed E-state index contributed by atoms with van der Waals surface area (Å²) in [5, 5.41) is 3.52. The Kier molecular flexibility index (Phi) is 8.78. The molecule has 1 atom stereocenters. The molecule has 174 valence electrons. The van der Waals surface area contributed by atoms with E-state index in [0.29, 0.717) is 22.3 Å². The molecule has 0 saturated carbocycles. The highest BCUT2D eigenvalue weighted by Gasteiger charge is 2.28. The van der Waals surface area contributed by atoms with Crippen LogP contribution >= 0.6 is 11.6 Å². The summed E-state index contributed by atoms with van der Waals surface area (Å²) in [4.78, 5) is 27.4. The number of hydrogen-bond acceptors (Lipinski definition) is 5. The number of nitrogens with one attached hydrogen (secondary N) is 1. The van der Waals surface area contributed by atoms with Crippen molar-refractivity contribution < 1.29 is 23.8 Å². The van der Waals surface area contributed by atoms with E-state index in [9.17, 15) is 9.59 Å². The van der Waals surface area contributed by atoms with E-state index in [1.54, 1.807) is 37.3 Å². The number of rotatable bonds is 9. The molecule has 0 aliphatic carbocycles. The average molecular weight is 463 g/mol. The van der Waals surface area contributed by atoms with Crippen LogP contribution in [-0.4, -0.2) is 49.1 Å². The summed E-state index contributed by atoms with van der Waals surface area (Å²) >= 11 is 5.98. The molecule has 0 radical (unpaired) electrons. The molecule has 7 nitrogen and oxygen atoms in total. The van der Waals surface area contributed by atoms with Gasteiger partial charge in [0, 0.05) is 35.3 Å². The first-order valence-electron chi connectivity index (χ1n) is 10.2. The third-order valence-corrected chi connectivity index (χ3v) is 4.87. The van der Waals surface area contributed by atoms with Gasteiger partial charge in [-0.1, -0.05) is 23.7 Å². The second kappa shape index (κ2) is 11.1. The quantitative estimate of drug-likeness (QED) is 0.607. The number of nitrogens with zero attached hydrogens (tertiary/aromatic N) is 1. The van der Waals surface area contributed by atoms with Gasteiger partial charge >= 0.3 is 0 Å². The van der Waals surface area contributed by atoms with E-state index in [0.717, 1.165) is 5.56 Å². The first kappa shape index (κ1) is 25.3. The zero-order valence-corrected chi connectivity index (χ0v) is 20.2. The zero-order chi connectivity index (χ0) is 23.9. The maximum absolute atomic E-state index is 13.1. The Bertz CT molecular complexity index is 903.